The molecule has 1 N–H and O–H groups in total. The first-order chi connectivity index (χ1) is 9.65. The minimum absolute atomic E-state index is 0.121. The van der Waals surface area contributed by atoms with Crippen LogP contribution in [0, 0.1) is 0 Å². The predicted octanol–water partition coefficient (Wildman–Crippen LogP) is 4.03. The third kappa shape index (κ3) is 3.22. The second-order valence-electron chi connectivity index (χ2n) is 4.32. The first kappa shape index (κ1) is 14.7. The molecule has 0 bridgehead atoms. The Bertz CT molecular complexity index is 590. The molecule has 0 aliphatic rings. The summed E-state index contributed by atoms with van der Waals surface area (Å²) < 4.78 is 11.4. The number of anilines is 1. The zero-order valence-electron chi connectivity index (χ0n) is 11.7. The van der Waals surface area contributed by atoms with E-state index in [1.807, 2.05) is 30.3 Å². The van der Waals surface area contributed by atoms with Crippen molar-refractivity contribution >= 4 is 21.6 Å². The van der Waals surface area contributed by atoms with E-state index in [4.69, 9.17) is 9.47 Å². The van der Waals surface area contributed by atoms with E-state index in [9.17, 15) is 0 Å². The number of nitrogens with one attached hydrogen (secondary N) is 1. The van der Waals surface area contributed by atoms with Crippen LogP contribution in [0.5, 0.6) is 11.6 Å². The van der Waals surface area contributed by atoms with Crippen LogP contribution >= 0.6 is 15.9 Å². The Morgan fingerprint density at radius 1 is 1.20 bits per heavy atom. The van der Waals surface area contributed by atoms with E-state index in [1.54, 1.807) is 20.4 Å². The molecule has 0 amide bonds. The van der Waals surface area contributed by atoms with Gasteiger partial charge in [0.15, 0.2) is 0 Å². The smallest absolute Gasteiger partial charge is 0.237 e. The second kappa shape index (κ2) is 6.61. The van der Waals surface area contributed by atoms with Gasteiger partial charge in [-0.2, -0.15) is 0 Å². The van der Waals surface area contributed by atoms with Crippen LogP contribution in [-0.2, 0) is 0 Å². The van der Waals surface area contributed by atoms with Gasteiger partial charge in [0.25, 0.3) is 0 Å². The maximum absolute atomic E-state index is 5.24. The average molecular weight is 337 g/mol. The van der Waals surface area contributed by atoms with Gasteiger partial charge in [-0.1, -0.05) is 6.07 Å². The highest BCUT2D eigenvalue weighted by molar-refractivity contribution is 9.10. The van der Waals surface area contributed by atoms with Gasteiger partial charge in [-0.3, -0.25) is 0 Å². The van der Waals surface area contributed by atoms with E-state index in [-0.39, 0.29) is 6.04 Å². The molecule has 2 rings (SSSR count). The number of pyridine rings is 1. The van der Waals surface area contributed by atoms with E-state index >= 15 is 0 Å². The number of hydrogen-bond donors (Lipinski definition) is 1. The van der Waals surface area contributed by atoms with Crippen molar-refractivity contribution in [3.05, 3.63) is 46.6 Å². The molecule has 1 heterocycles. The fourth-order valence-electron chi connectivity index (χ4n) is 1.93. The van der Waals surface area contributed by atoms with Gasteiger partial charge in [-0.15, -0.1) is 0 Å². The molecule has 0 aliphatic carbocycles. The zero-order chi connectivity index (χ0) is 14.5. The Morgan fingerprint density at radius 2 is 2.00 bits per heavy atom. The van der Waals surface area contributed by atoms with Crippen molar-refractivity contribution in [3.8, 4) is 11.6 Å². The topological polar surface area (TPSA) is 43.4 Å². The lowest BCUT2D eigenvalue weighted by atomic mass is 10.1. The SMILES string of the molecule is COc1ccc(C(C)Nc2cccnc2OC)cc1Br. The standard InChI is InChI=1S/C15H17BrN2O2/c1-10(11-6-7-14(19-2)12(16)9-11)18-13-5-4-8-17-15(13)20-3/h4-10,18H,1-3H3. The fourth-order valence-corrected chi connectivity index (χ4v) is 2.49. The maximum atomic E-state index is 5.24. The minimum Gasteiger partial charge on any atom is -0.496 e. The molecule has 1 unspecified atom stereocenters. The molecule has 0 aliphatic heterocycles. The van der Waals surface area contributed by atoms with Crippen LogP contribution in [0.4, 0.5) is 5.69 Å². The Balaban J connectivity index is 2.19. The largest absolute Gasteiger partial charge is 0.496 e. The van der Waals surface area contributed by atoms with Crippen LogP contribution in [0.2, 0.25) is 0 Å². The van der Waals surface area contributed by atoms with Gasteiger partial charge in [-0.05, 0) is 52.7 Å². The molecule has 0 fully saturated rings. The van der Waals surface area contributed by atoms with E-state index in [2.05, 4.69) is 33.2 Å². The van der Waals surface area contributed by atoms with Crippen LogP contribution in [0.15, 0.2) is 41.0 Å². The van der Waals surface area contributed by atoms with Crippen molar-refractivity contribution in [2.75, 3.05) is 19.5 Å². The number of halogens is 1. The zero-order valence-corrected chi connectivity index (χ0v) is 13.3. The summed E-state index contributed by atoms with van der Waals surface area (Å²) in [5, 5.41) is 3.39. The Kier molecular flexibility index (Phi) is 4.84. The van der Waals surface area contributed by atoms with Crippen molar-refractivity contribution < 1.29 is 9.47 Å². The first-order valence-corrected chi connectivity index (χ1v) is 7.04. The van der Waals surface area contributed by atoms with Crippen LogP contribution in [0.3, 0.4) is 0 Å². The van der Waals surface area contributed by atoms with Crippen LogP contribution in [-0.4, -0.2) is 19.2 Å². The van der Waals surface area contributed by atoms with Gasteiger partial charge in [0.1, 0.15) is 5.75 Å². The van der Waals surface area contributed by atoms with Crippen molar-refractivity contribution in [2.45, 2.75) is 13.0 Å². The molecule has 0 radical (unpaired) electrons. The van der Waals surface area contributed by atoms with E-state index < -0.39 is 0 Å². The van der Waals surface area contributed by atoms with Gasteiger partial charge in [0.05, 0.1) is 24.4 Å². The number of methoxy groups -OCH3 is 2. The van der Waals surface area contributed by atoms with Gasteiger partial charge in [0, 0.05) is 12.2 Å². The van der Waals surface area contributed by atoms with E-state index in [0.29, 0.717) is 5.88 Å². The van der Waals surface area contributed by atoms with Gasteiger partial charge in [0.2, 0.25) is 5.88 Å². The number of hydrogen-bond acceptors (Lipinski definition) is 4. The van der Waals surface area contributed by atoms with Gasteiger partial charge in [-0.25, -0.2) is 4.98 Å². The summed E-state index contributed by atoms with van der Waals surface area (Å²) in [4.78, 5) is 4.17. The molecule has 1 aromatic carbocycles. The lowest BCUT2D eigenvalue weighted by molar-refractivity contribution is 0.399. The molecule has 0 spiro atoms. The van der Waals surface area contributed by atoms with E-state index in [0.717, 1.165) is 21.5 Å². The molecule has 1 aromatic heterocycles. The number of benzene rings is 1. The third-order valence-corrected chi connectivity index (χ3v) is 3.63. The van der Waals surface area contributed by atoms with Gasteiger partial charge < -0.3 is 14.8 Å². The highest BCUT2D eigenvalue weighted by atomic mass is 79.9. The molecule has 0 saturated carbocycles. The van der Waals surface area contributed by atoms with Crippen LogP contribution < -0.4 is 14.8 Å². The van der Waals surface area contributed by atoms with Crippen molar-refractivity contribution in [1.29, 1.82) is 0 Å². The fraction of sp³-hybridized carbons (Fsp3) is 0.267. The molecule has 4 nitrogen and oxygen atoms in total. The summed E-state index contributed by atoms with van der Waals surface area (Å²) in [5.41, 5.74) is 2.01. The number of aromatic nitrogens is 1. The normalized spacial score (nSPS) is 11.8. The first-order valence-electron chi connectivity index (χ1n) is 6.24. The Labute approximate surface area is 127 Å². The second-order valence-corrected chi connectivity index (χ2v) is 5.17. The summed E-state index contributed by atoms with van der Waals surface area (Å²) >= 11 is 3.50. The van der Waals surface area contributed by atoms with Crippen LogP contribution in [0.25, 0.3) is 0 Å². The molecule has 5 heteroatoms. The van der Waals surface area contributed by atoms with Crippen molar-refractivity contribution in [2.24, 2.45) is 0 Å². The Hall–Kier alpha value is -1.75. The molecule has 2 aromatic rings. The third-order valence-electron chi connectivity index (χ3n) is 3.01. The summed E-state index contributed by atoms with van der Waals surface area (Å²) in [5.74, 6) is 1.41. The number of nitrogens with zero attached hydrogens (tertiary/aromatic N) is 1. The minimum atomic E-state index is 0.121. The Morgan fingerprint density at radius 3 is 2.65 bits per heavy atom. The molecule has 106 valence electrons. The van der Waals surface area contributed by atoms with E-state index in [1.165, 1.54) is 0 Å². The number of rotatable bonds is 5. The monoisotopic (exact) mass is 336 g/mol. The highest BCUT2D eigenvalue weighted by Gasteiger charge is 2.11. The predicted molar refractivity (Wildman–Crippen MR) is 83.5 cm³/mol. The quantitative estimate of drug-likeness (QED) is 0.894. The van der Waals surface area contributed by atoms with Crippen molar-refractivity contribution in [3.63, 3.8) is 0 Å². The average Bonchev–Trinajstić information content (AvgIpc) is 2.47. The molecular weight excluding hydrogens is 320 g/mol. The molecular formula is C15H17BrN2O2. The van der Waals surface area contributed by atoms with Crippen LogP contribution in [0.1, 0.15) is 18.5 Å². The lowest BCUT2D eigenvalue weighted by Gasteiger charge is -2.18. The summed E-state index contributed by atoms with van der Waals surface area (Å²) in [6.45, 7) is 2.08. The van der Waals surface area contributed by atoms with Gasteiger partial charge >= 0.3 is 0 Å². The maximum Gasteiger partial charge on any atom is 0.237 e. The highest BCUT2D eigenvalue weighted by Crippen LogP contribution is 2.30. The lowest BCUT2D eigenvalue weighted by Crippen LogP contribution is -2.08. The summed E-state index contributed by atoms with van der Waals surface area (Å²) in [7, 11) is 3.27. The molecule has 20 heavy (non-hydrogen) atoms. The summed E-state index contributed by atoms with van der Waals surface area (Å²) in [6, 6.07) is 9.96. The molecule has 0 saturated heterocycles. The summed E-state index contributed by atoms with van der Waals surface area (Å²) in [6.07, 6.45) is 1.71. The molecule has 1 atom stereocenters. The van der Waals surface area contributed by atoms with Crippen molar-refractivity contribution in [1.82, 2.24) is 4.98 Å². The number of ether oxygens (including phenoxy) is 2.